The van der Waals surface area contributed by atoms with Crippen LogP contribution in [0.25, 0.3) is 0 Å². The van der Waals surface area contributed by atoms with Crippen molar-refractivity contribution < 1.29 is 24.6 Å². The first-order chi connectivity index (χ1) is 11.4. The van der Waals surface area contributed by atoms with Crippen molar-refractivity contribution in [1.82, 2.24) is 4.98 Å². The first kappa shape index (κ1) is 20.4. The number of ether oxygens (including phenoxy) is 1. The number of carbonyl (C=O) groups excluding carboxylic acids is 1. The van der Waals surface area contributed by atoms with Crippen LogP contribution in [0.1, 0.15) is 47.2 Å². The Balaban J connectivity index is 3.49. The Hall–Kier alpha value is -2.64. The third-order valence-electron chi connectivity index (χ3n) is 3.10. The molecule has 1 amide bonds. The number of hydrogen-bond acceptors (Lipinski definition) is 6. The van der Waals surface area contributed by atoms with E-state index in [9.17, 15) is 14.7 Å². The van der Waals surface area contributed by atoms with Gasteiger partial charge in [0, 0.05) is 0 Å². The highest BCUT2D eigenvalue weighted by molar-refractivity contribution is 5.95. The number of aromatic nitrogens is 1. The molecule has 0 aliphatic carbocycles. The Labute approximate surface area is 147 Å². The highest BCUT2D eigenvalue weighted by atomic mass is 16.6. The number of carbonyl (C=O) groups is 2. The summed E-state index contributed by atoms with van der Waals surface area (Å²) in [6, 6.07) is 3.43. The zero-order valence-electron chi connectivity index (χ0n) is 15.3. The standard InChI is InChI=1S/C17H25N3O5/c1-16(2,3)13(14(21)22)20(15(23)25-17(4,5)6)12-9-7-8-11(19-12)10-18-24/h7-10,13,24H,1-6H3,(H,21,22). The monoisotopic (exact) mass is 351 g/mol. The van der Waals surface area contributed by atoms with Crippen LogP contribution in [0.2, 0.25) is 0 Å². The minimum atomic E-state index is -1.21. The van der Waals surface area contributed by atoms with Crippen LogP contribution in [-0.2, 0) is 9.53 Å². The zero-order chi connectivity index (χ0) is 19.4. The number of aliphatic carboxylic acids is 1. The molecule has 0 spiro atoms. The third-order valence-corrected chi connectivity index (χ3v) is 3.10. The number of hydrogen-bond donors (Lipinski definition) is 2. The van der Waals surface area contributed by atoms with Crippen molar-refractivity contribution in [2.45, 2.75) is 53.2 Å². The van der Waals surface area contributed by atoms with Crippen molar-refractivity contribution in [1.29, 1.82) is 0 Å². The smallest absolute Gasteiger partial charge is 0.416 e. The average molecular weight is 351 g/mol. The van der Waals surface area contributed by atoms with E-state index in [0.717, 1.165) is 11.1 Å². The number of anilines is 1. The lowest BCUT2D eigenvalue weighted by Gasteiger charge is -2.37. The van der Waals surface area contributed by atoms with Gasteiger partial charge in [0.25, 0.3) is 0 Å². The van der Waals surface area contributed by atoms with Crippen molar-refractivity contribution in [3.05, 3.63) is 23.9 Å². The lowest BCUT2D eigenvalue weighted by molar-refractivity contribution is -0.141. The zero-order valence-corrected chi connectivity index (χ0v) is 15.3. The predicted octanol–water partition coefficient (Wildman–Crippen LogP) is 3.13. The van der Waals surface area contributed by atoms with E-state index in [1.807, 2.05) is 0 Å². The number of amides is 1. The van der Waals surface area contributed by atoms with Gasteiger partial charge in [-0.2, -0.15) is 0 Å². The molecule has 0 bridgehead atoms. The molecule has 1 heterocycles. The molecule has 1 aromatic heterocycles. The van der Waals surface area contributed by atoms with Gasteiger partial charge in [-0.15, -0.1) is 0 Å². The molecule has 1 unspecified atom stereocenters. The second-order valence-corrected chi connectivity index (χ2v) is 7.62. The molecule has 1 atom stereocenters. The van der Waals surface area contributed by atoms with E-state index >= 15 is 0 Å². The fourth-order valence-corrected chi connectivity index (χ4v) is 2.22. The third kappa shape index (κ3) is 5.74. The minimum absolute atomic E-state index is 0.0916. The van der Waals surface area contributed by atoms with E-state index in [-0.39, 0.29) is 11.5 Å². The topological polar surface area (TPSA) is 112 Å². The molecule has 8 heteroatoms. The molecule has 0 aromatic carbocycles. The van der Waals surface area contributed by atoms with Gasteiger partial charge in [-0.25, -0.2) is 19.5 Å². The van der Waals surface area contributed by atoms with E-state index in [4.69, 9.17) is 9.94 Å². The van der Waals surface area contributed by atoms with Crippen molar-refractivity contribution in [3.8, 4) is 0 Å². The van der Waals surface area contributed by atoms with Gasteiger partial charge >= 0.3 is 12.1 Å². The quantitative estimate of drug-likeness (QED) is 0.489. The lowest BCUT2D eigenvalue weighted by Crippen LogP contribution is -2.54. The van der Waals surface area contributed by atoms with Gasteiger partial charge in [-0.3, -0.25) is 0 Å². The van der Waals surface area contributed by atoms with Gasteiger partial charge in [0.2, 0.25) is 0 Å². The molecule has 138 valence electrons. The van der Waals surface area contributed by atoms with Crippen molar-refractivity contribution in [2.75, 3.05) is 4.90 Å². The van der Waals surface area contributed by atoms with E-state index in [2.05, 4.69) is 10.1 Å². The first-order valence-electron chi connectivity index (χ1n) is 7.76. The summed E-state index contributed by atoms with van der Waals surface area (Å²) in [6.45, 7) is 10.2. The van der Waals surface area contributed by atoms with Crippen molar-refractivity contribution in [2.24, 2.45) is 10.6 Å². The number of carboxylic acids is 1. The Morgan fingerprint density at radius 3 is 2.28 bits per heavy atom. The first-order valence-corrected chi connectivity index (χ1v) is 7.76. The highest BCUT2D eigenvalue weighted by Gasteiger charge is 2.42. The molecule has 0 fully saturated rings. The summed E-state index contributed by atoms with van der Waals surface area (Å²) in [4.78, 5) is 29.8. The van der Waals surface area contributed by atoms with Crippen LogP contribution in [0.3, 0.4) is 0 Å². The maximum atomic E-state index is 12.7. The molecule has 0 saturated carbocycles. The van der Waals surface area contributed by atoms with Gasteiger partial charge in [-0.05, 0) is 38.3 Å². The molecule has 0 aliphatic rings. The summed E-state index contributed by atoms with van der Waals surface area (Å²) in [6.07, 6.45) is 0.268. The summed E-state index contributed by atoms with van der Waals surface area (Å²) in [5, 5.41) is 21.3. The highest BCUT2D eigenvalue weighted by Crippen LogP contribution is 2.30. The minimum Gasteiger partial charge on any atom is -0.480 e. The second-order valence-electron chi connectivity index (χ2n) is 7.62. The molecular weight excluding hydrogens is 326 g/mol. The average Bonchev–Trinajstić information content (AvgIpc) is 2.41. The summed E-state index contributed by atoms with van der Waals surface area (Å²) in [7, 11) is 0. The van der Waals surface area contributed by atoms with E-state index in [1.54, 1.807) is 53.7 Å². The molecule has 25 heavy (non-hydrogen) atoms. The maximum absolute atomic E-state index is 12.7. The fraction of sp³-hybridized carbons (Fsp3) is 0.529. The van der Waals surface area contributed by atoms with Crippen molar-refractivity contribution in [3.63, 3.8) is 0 Å². The van der Waals surface area contributed by atoms with Crippen LogP contribution >= 0.6 is 0 Å². The van der Waals surface area contributed by atoms with Gasteiger partial charge in [-0.1, -0.05) is 32.0 Å². The van der Waals surface area contributed by atoms with E-state index in [1.165, 1.54) is 6.07 Å². The second kappa shape index (κ2) is 7.50. The van der Waals surface area contributed by atoms with Crippen LogP contribution in [0, 0.1) is 5.41 Å². The van der Waals surface area contributed by atoms with E-state index in [0.29, 0.717) is 0 Å². The van der Waals surface area contributed by atoms with Crippen molar-refractivity contribution >= 4 is 24.1 Å². The normalized spacial score (nSPS) is 13.5. The van der Waals surface area contributed by atoms with Crippen LogP contribution in [-0.4, -0.2) is 45.2 Å². The molecule has 8 nitrogen and oxygen atoms in total. The van der Waals surface area contributed by atoms with E-state index < -0.39 is 29.1 Å². The summed E-state index contributed by atoms with van der Waals surface area (Å²) in [5.74, 6) is -1.09. The van der Waals surface area contributed by atoms with Crippen LogP contribution in [0.4, 0.5) is 10.6 Å². The Morgan fingerprint density at radius 1 is 1.24 bits per heavy atom. The summed E-state index contributed by atoms with van der Waals surface area (Å²) in [5.41, 5.74) is -1.32. The number of pyridine rings is 1. The molecule has 0 saturated heterocycles. The number of carboxylic acid groups (broad SMARTS) is 1. The van der Waals surface area contributed by atoms with Gasteiger partial charge < -0.3 is 15.1 Å². The lowest BCUT2D eigenvalue weighted by atomic mass is 9.85. The molecule has 0 radical (unpaired) electrons. The Morgan fingerprint density at radius 2 is 1.84 bits per heavy atom. The SMILES string of the molecule is CC(C)(C)OC(=O)N(c1cccc(C=NO)n1)C(C(=O)O)C(C)(C)C. The van der Waals surface area contributed by atoms with Crippen LogP contribution in [0.5, 0.6) is 0 Å². The van der Waals surface area contributed by atoms with Gasteiger partial charge in [0.05, 0.1) is 11.9 Å². The predicted molar refractivity (Wildman–Crippen MR) is 93.2 cm³/mol. The maximum Gasteiger partial charge on any atom is 0.416 e. The fourth-order valence-electron chi connectivity index (χ4n) is 2.22. The number of oxime groups is 1. The van der Waals surface area contributed by atoms with Crippen LogP contribution in [0.15, 0.2) is 23.4 Å². The molecule has 2 N–H and O–H groups in total. The Bertz CT molecular complexity index is 659. The molecule has 0 aliphatic heterocycles. The van der Waals surface area contributed by atoms with Gasteiger partial charge in [0.15, 0.2) is 0 Å². The van der Waals surface area contributed by atoms with Gasteiger partial charge in [0.1, 0.15) is 17.5 Å². The molecule has 1 rings (SSSR count). The summed E-state index contributed by atoms with van der Waals surface area (Å²) < 4.78 is 5.38. The summed E-state index contributed by atoms with van der Waals surface area (Å²) >= 11 is 0. The Kier molecular flexibility index (Phi) is 6.12. The molecule has 1 aromatic rings. The largest absolute Gasteiger partial charge is 0.480 e. The number of nitrogens with zero attached hydrogens (tertiary/aromatic N) is 3. The van der Waals surface area contributed by atoms with Crippen LogP contribution < -0.4 is 4.90 Å². The number of rotatable bonds is 4. The molecular formula is C17H25N3O5.